The van der Waals surface area contributed by atoms with E-state index in [4.69, 9.17) is 16.3 Å². The minimum atomic E-state index is -4.55. The molecule has 2 rings (SSSR count). The van der Waals surface area contributed by atoms with Gasteiger partial charge in [0.15, 0.2) is 6.10 Å². The molecule has 0 heterocycles. The lowest BCUT2D eigenvalue weighted by Gasteiger charge is -2.17. The van der Waals surface area contributed by atoms with Crippen molar-refractivity contribution >= 4 is 23.2 Å². The van der Waals surface area contributed by atoms with Crippen molar-refractivity contribution in [1.82, 2.24) is 0 Å². The summed E-state index contributed by atoms with van der Waals surface area (Å²) in [6.45, 7) is 1.44. The second-order valence-corrected chi connectivity index (χ2v) is 5.18. The largest absolute Gasteiger partial charge is 0.481 e. The van der Waals surface area contributed by atoms with Gasteiger partial charge in [-0.1, -0.05) is 23.7 Å². The van der Waals surface area contributed by atoms with Crippen LogP contribution in [0.2, 0.25) is 5.02 Å². The molecule has 2 aromatic rings. The standard InChI is InChI=1S/C16H13ClF3NO2/c1-10(23-12-8-6-11(17)7-9-12)15(22)21-14-5-3-2-4-13(14)16(18,19)20/h2-10H,1H3,(H,21,22)/t10-/m1/s1. The molecule has 0 aliphatic rings. The number of ether oxygens (including phenoxy) is 1. The van der Waals surface area contributed by atoms with Crippen LogP contribution in [0.3, 0.4) is 0 Å². The van der Waals surface area contributed by atoms with Gasteiger partial charge < -0.3 is 10.1 Å². The number of carbonyl (C=O) groups is 1. The van der Waals surface area contributed by atoms with Crippen LogP contribution in [-0.4, -0.2) is 12.0 Å². The third kappa shape index (κ3) is 4.63. The summed E-state index contributed by atoms with van der Waals surface area (Å²) in [5.74, 6) is -0.294. The quantitative estimate of drug-likeness (QED) is 0.868. The Balaban J connectivity index is 2.08. The minimum Gasteiger partial charge on any atom is -0.481 e. The van der Waals surface area contributed by atoms with E-state index in [1.54, 1.807) is 24.3 Å². The number of alkyl halides is 3. The number of nitrogens with one attached hydrogen (secondary N) is 1. The molecule has 0 saturated heterocycles. The number of carbonyl (C=O) groups excluding carboxylic acids is 1. The van der Waals surface area contributed by atoms with Gasteiger partial charge in [-0.05, 0) is 43.3 Å². The Kier molecular flexibility index (Phi) is 5.15. The number of hydrogen-bond acceptors (Lipinski definition) is 2. The van der Waals surface area contributed by atoms with Crippen LogP contribution in [0.15, 0.2) is 48.5 Å². The van der Waals surface area contributed by atoms with Crippen LogP contribution in [0.5, 0.6) is 5.75 Å². The van der Waals surface area contributed by atoms with E-state index in [9.17, 15) is 18.0 Å². The third-order valence-electron chi connectivity index (χ3n) is 2.99. The molecule has 1 N–H and O–H groups in total. The van der Waals surface area contributed by atoms with Gasteiger partial charge >= 0.3 is 6.18 Å². The SMILES string of the molecule is C[C@@H](Oc1ccc(Cl)cc1)C(=O)Nc1ccccc1C(F)(F)F. The van der Waals surface area contributed by atoms with Gasteiger partial charge in [0, 0.05) is 5.02 Å². The number of para-hydroxylation sites is 1. The third-order valence-corrected chi connectivity index (χ3v) is 3.24. The Hall–Kier alpha value is -2.21. The first-order valence-corrected chi connectivity index (χ1v) is 7.04. The molecule has 2 aromatic carbocycles. The first kappa shape index (κ1) is 17.1. The normalized spacial score (nSPS) is 12.6. The lowest BCUT2D eigenvalue weighted by molar-refractivity contribution is -0.137. The van der Waals surface area contributed by atoms with Gasteiger partial charge in [0.25, 0.3) is 5.91 Å². The van der Waals surface area contributed by atoms with Gasteiger partial charge in [-0.3, -0.25) is 4.79 Å². The molecule has 0 unspecified atom stereocenters. The zero-order chi connectivity index (χ0) is 17.0. The summed E-state index contributed by atoms with van der Waals surface area (Å²) in [6, 6.07) is 11.1. The Morgan fingerprint density at radius 3 is 2.35 bits per heavy atom. The molecule has 0 radical (unpaired) electrons. The van der Waals surface area contributed by atoms with Gasteiger partial charge in [0.05, 0.1) is 11.3 Å². The maximum Gasteiger partial charge on any atom is 0.418 e. The fourth-order valence-electron chi connectivity index (χ4n) is 1.84. The molecule has 1 atom stereocenters. The van der Waals surface area contributed by atoms with Crippen LogP contribution in [0.25, 0.3) is 0 Å². The Morgan fingerprint density at radius 1 is 1.13 bits per heavy atom. The molecule has 0 aliphatic carbocycles. The summed E-state index contributed by atoms with van der Waals surface area (Å²) in [7, 11) is 0. The van der Waals surface area contributed by atoms with Gasteiger partial charge in [-0.15, -0.1) is 0 Å². The summed E-state index contributed by atoms with van der Waals surface area (Å²) < 4.78 is 44.0. The highest BCUT2D eigenvalue weighted by atomic mass is 35.5. The smallest absolute Gasteiger partial charge is 0.418 e. The van der Waals surface area contributed by atoms with Crippen molar-refractivity contribution in [3.8, 4) is 5.75 Å². The van der Waals surface area contributed by atoms with E-state index in [1.807, 2.05) is 0 Å². The van der Waals surface area contributed by atoms with Crippen LogP contribution in [0, 0.1) is 0 Å². The predicted octanol–water partition coefficient (Wildman–Crippen LogP) is 4.76. The van der Waals surface area contributed by atoms with Crippen LogP contribution >= 0.6 is 11.6 Å². The van der Waals surface area contributed by atoms with Crippen LogP contribution < -0.4 is 10.1 Å². The minimum absolute atomic E-state index is 0.309. The molecule has 0 fully saturated rings. The summed E-state index contributed by atoms with van der Waals surface area (Å²) in [5.41, 5.74) is -1.22. The van der Waals surface area contributed by atoms with E-state index in [-0.39, 0.29) is 5.69 Å². The first-order chi connectivity index (χ1) is 10.8. The average Bonchev–Trinajstić information content (AvgIpc) is 2.49. The van der Waals surface area contributed by atoms with E-state index in [0.29, 0.717) is 10.8 Å². The Labute approximate surface area is 136 Å². The predicted molar refractivity (Wildman–Crippen MR) is 81.6 cm³/mol. The Bertz CT molecular complexity index is 686. The van der Waals surface area contributed by atoms with Crippen molar-refractivity contribution in [2.75, 3.05) is 5.32 Å². The molecule has 0 saturated carbocycles. The van der Waals surface area contributed by atoms with Crippen LogP contribution in [-0.2, 0) is 11.0 Å². The monoisotopic (exact) mass is 343 g/mol. The van der Waals surface area contributed by atoms with Crippen molar-refractivity contribution in [3.63, 3.8) is 0 Å². The molecular formula is C16H13ClF3NO2. The van der Waals surface area contributed by atoms with E-state index >= 15 is 0 Å². The van der Waals surface area contributed by atoms with Gasteiger partial charge in [0.2, 0.25) is 0 Å². The van der Waals surface area contributed by atoms with Crippen molar-refractivity contribution in [2.24, 2.45) is 0 Å². The summed E-state index contributed by atoms with van der Waals surface area (Å²) in [6.07, 6.45) is -5.53. The lowest BCUT2D eigenvalue weighted by atomic mass is 10.1. The van der Waals surface area contributed by atoms with Crippen molar-refractivity contribution < 1.29 is 22.7 Å². The zero-order valence-electron chi connectivity index (χ0n) is 12.0. The zero-order valence-corrected chi connectivity index (χ0v) is 12.8. The number of halogens is 4. The van der Waals surface area contributed by atoms with Crippen LogP contribution in [0.4, 0.5) is 18.9 Å². The number of hydrogen-bond donors (Lipinski definition) is 1. The maximum atomic E-state index is 12.9. The molecule has 0 bridgehead atoms. The maximum absolute atomic E-state index is 12.9. The number of amides is 1. The van der Waals surface area contributed by atoms with Gasteiger partial charge in [0.1, 0.15) is 5.75 Å². The molecule has 1 amide bonds. The molecule has 0 aromatic heterocycles. The van der Waals surface area contributed by atoms with Crippen LogP contribution in [0.1, 0.15) is 12.5 Å². The second kappa shape index (κ2) is 6.91. The van der Waals surface area contributed by atoms with Crippen molar-refractivity contribution in [3.05, 3.63) is 59.1 Å². The van der Waals surface area contributed by atoms with Crippen molar-refractivity contribution in [2.45, 2.75) is 19.2 Å². The highest BCUT2D eigenvalue weighted by Crippen LogP contribution is 2.34. The summed E-state index contributed by atoms with van der Waals surface area (Å²) in [5, 5.41) is 2.75. The first-order valence-electron chi connectivity index (χ1n) is 6.66. The molecule has 122 valence electrons. The number of anilines is 1. The Morgan fingerprint density at radius 2 is 1.74 bits per heavy atom. The van der Waals surface area contributed by atoms with Gasteiger partial charge in [-0.25, -0.2) is 0 Å². The number of rotatable bonds is 4. The summed E-state index contributed by atoms with van der Waals surface area (Å²) in [4.78, 5) is 12.0. The molecule has 0 spiro atoms. The molecular weight excluding hydrogens is 331 g/mol. The molecule has 3 nitrogen and oxygen atoms in total. The lowest BCUT2D eigenvalue weighted by Crippen LogP contribution is -2.31. The molecule has 7 heteroatoms. The highest BCUT2D eigenvalue weighted by Gasteiger charge is 2.33. The highest BCUT2D eigenvalue weighted by molar-refractivity contribution is 6.30. The van der Waals surface area contributed by atoms with E-state index in [0.717, 1.165) is 6.07 Å². The average molecular weight is 344 g/mol. The van der Waals surface area contributed by atoms with E-state index < -0.39 is 23.8 Å². The van der Waals surface area contributed by atoms with Crippen molar-refractivity contribution in [1.29, 1.82) is 0 Å². The molecule has 23 heavy (non-hydrogen) atoms. The second-order valence-electron chi connectivity index (χ2n) is 4.75. The number of benzene rings is 2. The van der Waals surface area contributed by atoms with Gasteiger partial charge in [-0.2, -0.15) is 13.2 Å². The fourth-order valence-corrected chi connectivity index (χ4v) is 1.97. The fraction of sp³-hybridized carbons (Fsp3) is 0.188. The van der Waals surface area contributed by atoms with E-state index in [1.165, 1.54) is 25.1 Å². The topological polar surface area (TPSA) is 38.3 Å². The van der Waals surface area contributed by atoms with E-state index in [2.05, 4.69) is 5.32 Å². The molecule has 0 aliphatic heterocycles. The summed E-state index contributed by atoms with van der Waals surface area (Å²) >= 11 is 5.74.